The molecule has 0 aromatic carbocycles. The molecule has 0 N–H and O–H groups in total. The van der Waals surface area contributed by atoms with Gasteiger partial charge in [0.1, 0.15) is 5.76 Å². The number of carbonyl (C=O) groups excluding carboxylic acids is 1. The lowest BCUT2D eigenvalue weighted by molar-refractivity contribution is -0.136. The fourth-order valence-corrected chi connectivity index (χ4v) is 2.35. The number of rotatable bonds is 3. The third-order valence-electron chi connectivity index (χ3n) is 2.95. The molecule has 0 spiro atoms. The van der Waals surface area contributed by atoms with Gasteiger partial charge in [0.15, 0.2) is 0 Å². The molecule has 0 heterocycles. The second-order valence-electron chi connectivity index (χ2n) is 5.22. The van der Waals surface area contributed by atoms with Gasteiger partial charge in [0.2, 0.25) is 0 Å². The number of hydrogen-bond donors (Lipinski definition) is 0. The smallest absolute Gasteiger partial charge is 0.466 e. The summed E-state index contributed by atoms with van der Waals surface area (Å²) in [6, 6.07) is 0. The van der Waals surface area contributed by atoms with Crippen LogP contribution in [0.15, 0.2) is 11.3 Å². The highest BCUT2D eigenvalue weighted by atomic mass is 32.2. The molecular weight excluding hydrogens is 325 g/mol. The van der Waals surface area contributed by atoms with Gasteiger partial charge < -0.3 is 8.92 Å². The molecule has 0 aliphatic heterocycles. The average Bonchev–Trinajstić information content (AvgIpc) is 2.37. The molecule has 0 aromatic heterocycles. The molecule has 1 aliphatic rings. The van der Waals surface area contributed by atoms with E-state index in [9.17, 15) is 26.4 Å². The minimum atomic E-state index is -5.79. The van der Waals surface area contributed by atoms with Crippen molar-refractivity contribution in [2.24, 2.45) is 5.41 Å². The molecule has 5 nitrogen and oxygen atoms in total. The Balaban J connectivity index is 0.00000211. The molecular formula is C13H21F3O5S. The molecule has 0 saturated heterocycles. The quantitative estimate of drug-likeness (QED) is 0.444. The number of hydrogen-bond acceptors (Lipinski definition) is 5. The minimum absolute atomic E-state index is 0.0905. The zero-order valence-corrected chi connectivity index (χ0v) is 14.0. The SMILES string of the molecule is CC.COC(=O)C1=C(OS(=O)(=O)C(F)(F)F)CC(C)(C)CC1. The molecule has 22 heavy (non-hydrogen) atoms. The van der Waals surface area contributed by atoms with E-state index in [1.807, 2.05) is 13.8 Å². The number of halogens is 3. The van der Waals surface area contributed by atoms with Crippen molar-refractivity contribution in [3.05, 3.63) is 11.3 Å². The standard InChI is InChI=1S/C11H15F3O5S.C2H6/c1-10(2)5-4-7(9(15)18-3)8(6-10)19-20(16,17)11(12,13)14;1-2/h4-6H2,1-3H3;1-2H3. The Morgan fingerprint density at radius 1 is 1.23 bits per heavy atom. The second-order valence-corrected chi connectivity index (χ2v) is 6.76. The van der Waals surface area contributed by atoms with Gasteiger partial charge in [-0.25, -0.2) is 4.79 Å². The molecule has 1 aliphatic carbocycles. The monoisotopic (exact) mass is 346 g/mol. The molecule has 130 valence electrons. The maximum Gasteiger partial charge on any atom is 0.534 e. The van der Waals surface area contributed by atoms with E-state index in [-0.39, 0.29) is 18.4 Å². The van der Waals surface area contributed by atoms with Crippen molar-refractivity contribution in [1.82, 2.24) is 0 Å². The van der Waals surface area contributed by atoms with Crippen LogP contribution in [0.4, 0.5) is 13.2 Å². The van der Waals surface area contributed by atoms with Crippen LogP contribution in [0.2, 0.25) is 0 Å². The molecule has 0 bridgehead atoms. The lowest BCUT2D eigenvalue weighted by Gasteiger charge is -2.31. The number of alkyl halides is 3. The van der Waals surface area contributed by atoms with Gasteiger partial charge in [0, 0.05) is 6.42 Å². The van der Waals surface area contributed by atoms with Crippen molar-refractivity contribution < 1.29 is 35.3 Å². The highest BCUT2D eigenvalue weighted by Gasteiger charge is 2.50. The fourth-order valence-electron chi connectivity index (χ4n) is 1.83. The molecule has 1 rings (SSSR count). The van der Waals surface area contributed by atoms with Gasteiger partial charge in [-0.15, -0.1) is 0 Å². The number of esters is 1. The maximum absolute atomic E-state index is 12.3. The first kappa shape index (κ1) is 20.8. The van der Waals surface area contributed by atoms with E-state index in [0.717, 1.165) is 7.11 Å². The molecule has 9 heteroatoms. The number of allylic oxidation sites excluding steroid dienone is 1. The highest BCUT2D eigenvalue weighted by molar-refractivity contribution is 7.87. The Kier molecular flexibility index (Phi) is 6.93. The molecule has 0 fully saturated rings. The molecule has 0 radical (unpaired) electrons. The summed E-state index contributed by atoms with van der Waals surface area (Å²) in [5.74, 6) is -1.38. The van der Waals surface area contributed by atoms with E-state index in [4.69, 9.17) is 0 Å². The number of ether oxygens (including phenoxy) is 1. The van der Waals surface area contributed by atoms with Crippen LogP contribution in [0.3, 0.4) is 0 Å². The number of methoxy groups -OCH3 is 1. The zero-order valence-electron chi connectivity index (χ0n) is 13.2. The molecule has 0 unspecified atom stereocenters. The maximum atomic E-state index is 12.3. The van der Waals surface area contributed by atoms with Crippen LogP contribution >= 0.6 is 0 Å². The fraction of sp³-hybridized carbons (Fsp3) is 0.769. The topological polar surface area (TPSA) is 69.7 Å². The van der Waals surface area contributed by atoms with Crippen LogP contribution in [0, 0.1) is 5.41 Å². The largest absolute Gasteiger partial charge is 0.534 e. The van der Waals surface area contributed by atoms with E-state index in [1.54, 1.807) is 13.8 Å². The van der Waals surface area contributed by atoms with Crippen LogP contribution in [0.1, 0.15) is 47.0 Å². The summed E-state index contributed by atoms with van der Waals surface area (Å²) < 4.78 is 67.7. The van der Waals surface area contributed by atoms with Crippen molar-refractivity contribution >= 4 is 16.1 Å². The first-order valence-electron chi connectivity index (χ1n) is 6.71. The van der Waals surface area contributed by atoms with Crippen molar-refractivity contribution in [1.29, 1.82) is 0 Å². The Hall–Kier alpha value is -1.25. The molecule has 0 saturated carbocycles. The van der Waals surface area contributed by atoms with Gasteiger partial charge in [-0.05, 0) is 18.3 Å². The number of carbonyl (C=O) groups is 1. The van der Waals surface area contributed by atoms with Gasteiger partial charge in [0.25, 0.3) is 0 Å². The Labute approximate surface area is 128 Å². The molecule has 0 aromatic rings. The van der Waals surface area contributed by atoms with Crippen LogP contribution in [0.25, 0.3) is 0 Å². The zero-order chi connectivity index (χ0) is 17.8. The first-order valence-corrected chi connectivity index (χ1v) is 8.11. The van der Waals surface area contributed by atoms with Gasteiger partial charge in [-0.1, -0.05) is 27.7 Å². The summed E-state index contributed by atoms with van der Waals surface area (Å²) in [5.41, 5.74) is -6.17. The van der Waals surface area contributed by atoms with Crippen molar-refractivity contribution in [3.8, 4) is 0 Å². The Morgan fingerprint density at radius 3 is 2.14 bits per heavy atom. The van der Waals surface area contributed by atoms with E-state index in [0.29, 0.717) is 6.42 Å². The van der Waals surface area contributed by atoms with Gasteiger partial charge in [-0.3, -0.25) is 0 Å². The van der Waals surface area contributed by atoms with Crippen LogP contribution in [-0.4, -0.2) is 27.0 Å². The third kappa shape index (κ3) is 5.19. The van der Waals surface area contributed by atoms with Gasteiger partial charge in [-0.2, -0.15) is 21.6 Å². The first-order chi connectivity index (χ1) is 9.89. The summed E-state index contributed by atoms with van der Waals surface area (Å²) in [6.07, 6.45) is 0.519. The summed E-state index contributed by atoms with van der Waals surface area (Å²) in [5, 5.41) is 0. The van der Waals surface area contributed by atoms with Crippen LogP contribution in [-0.2, 0) is 23.8 Å². The second kappa shape index (κ2) is 7.34. The molecule has 0 atom stereocenters. The predicted octanol–water partition coefficient (Wildman–Crippen LogP) is 3.52. The van der Waals surface area contributed by atoms with Crippen molar-refractivity contribution in [3.63, 3.8) is 0 Å². The molecule has 0 amide bonds. The van der Waals surface area contributed by atoms with Crippen molar-refractivity contribution in [2.45, 2.75) is 52.5 Å². The van der Waals surface area contributed by atoms with Gasteiger partial charge >= 0.3 is 21.6 Å². The highest BCUT2D eigenvalue weighted by Crippen LogP contribution is 2.41. The Morgan fingerprint density at radius 2 is 1.73 bits per heavy atom. The third-order valence-corrected chi connectivity index (χ3v) is 3.94. The minimum Gasteiger partial charge on any atom is -0.466 e. The van der Waals surface area contributed by atoms with E-state index >= 15 is 0 Å². The normalized spacial score (nSPS) is 18.2. The summed E-state index contributed by atoms with van der Waals surface area (Å²) >= 11 is 0. The summed E-state index contributed by atoms with van der Waals surface area (Å²) in [6.45, 7) is 7.48. The van der Waals surface area contributed by atoms with Gasteiger partial charge in [0.05, 0.1) is 12.7 Å². The van der Waals surface area contributed by atoms with Crippen LogP contribution < -0.4 is 0 Å². The van der Waals surface area contributed by atoms with Crippen LogP contribution in [0.5, 0.6) is 0 Å². The summed E-state index contributed by atoms with van der Waals surface area (Å²) in [4.78, 5) is 11.5. The van der Waals surface area contributed by atoms with Crippen molar-refractivity contribution in [2.75, 3.05) is 7.11 Å². The average molecular weight is 346 g/mol. The lowest BCUT2D eigenvalue weighted by atomic mass is 9.77. The van der Waals surface area contributed by atoms with E-state index < -0.39 is 32.8 Å². The summed E-state index contributed by atoms with van der Waals surface area (Å²) in [7, 11) is -4.73. The lowest BCUT2D eigenvalue weighted by Crippen LogP contribution is -2.30. The van der Waals surface area contributed by atoms with E-state index in [1.165, 1.54) is 0 Å². The predicted molar refractivity (Wildman–Crippen MR) is 74.1 cm³/mol. The Bertz CT molecular complexity index is 532. The van der Waals surface area contributed by atoms with E-state index in [2.05, 4.69) is 8.92 Å².